The molecular formula is C14H16N2O2. The predicted molar refractivity (Wildman–Crippen MR) is 70.9 cm³/mol. The molecule has 0 spiro atoms. The molecule has 0 saturated carbocycles. The molecule has 18 heavy (non-hydrogen) atoms. The Morgan fingerprint density at radius 1 is 1.17 bits per heavy atom. The molecule has 2 aromatic carbocycles. The smallest absolute Gasteiger partial charge is 0.240 e. The van der Waals surface area contributed by atoms with Gasteiger partial charge in [-0.3, -0.25) is 4.79 Å². The Bertz CT molecular complexity index is 583. The zero-order valence-electron chi connectivity index (χ0n) is 9.97. The highest BCUT2D eigenvalue weighted by Crippen LogP contribution is 2.18. The number of amides is 1. The van der Waals surface area contributed by atoms with Gasteiger partial charge in [0.15, 0.2) is 0 Å². The molecular weight excluding hydrogens is 228 g/mol. The van der Waals surface area contributed by atoms with E-state index in [-0.39, 0.29) is 6.42 Å². The molecule has 0 unspecified atom stereocenters. The molecule has 0 aliphatic heterocycles. The average molecular weight is 244 g/mol. The van der Waals surface area contributed by atoms with Crippen LogP contribution in [0.25, 0.3) is 10.8 Å². The van der Waals surface area contributed by atoms with Crippen LogP contribution < -0.4 is 11.5 Å². The fourth-order valence-corrected chi connectivity index (χ4v) is 1.93. The summed E-state index contributed by atoms with van der Waals surface area (Å²) in [5, 5.41) is 11.4. The number of fused-ring (bicyclic) bond motifs is 1. The summed E-state index contributed by atoms with van der Waals surface area (Å²) >= 11 is 0. The van der Waals surface area contributed by atoms with Crippen LogP contribution in [0.15, 0.2) is 42.5 Å². The minimum absolute atomic E-state index is 0.226. The highest BCUT2D eigenvalue weighted by molar-refractivity contribution is 5.86. The molecule has 0 heterocycles. The fraction of sp³-hybridized carbons (Fsp3) is 0.214. The predicted octanol–water partition coefficient (Wildman–Crippen LogP) is 0.557. The Labute approximate surface area is 105 Å². The van der Waals surface area contributed by atoms with Crippen LogP contribution in [-0.4, -0.2) is 23.2 Å². The maximum absolute atomic E-state index is 11.3. The first-order valence-corrected chi connectivity index (χ1v) is 5.72. The van der Waals surface area contributed by atoms with E-state index in [1.807, 2.05) is 42.5 Å². The van der Waals surface area contributed by atoms with Crippen molar-refractivity contribution in [1.29, 1.82) is 0 Å². The van der Waals surface area contributed by atoms with Crippen LogP contribution >= 0.6 is 0 Å². The van der Waals surface area contributed by atoms with Gasteiger partial charge in [-0.15, -0.1) is 0 Å². The second kappa shape index (κ2) is 4.76. The Hall–Kier alpha value is -1.91. The first kappa shape index (κ1) is 12.5. The number of benzene rings is 2. The zero-order valence-corrected chi connectivity index (χ0v) is 9.97. The van der Waals surface area contributed by atoms with Gasteiger partial charge in [-0.2, -0.15) is 0 Å². The molecule has 94 valence electrons. The van der Waals surface area contributed by atoms with E-state index in [1.54, 1.807) is 0 Å². The van der Waals surface area contributed by atoms with Crippen LogP contribution in [0.5, 0.6) is 0 Å². The molecule has 4 nitrogen and oxygen atoms in total. The third-order valence-electron chi connectivity index (χ3n) is 3.11. The summed E-state index contributed by atoms with van der Waals surface area (Å²) in [6.45, 7) is -0.463. The van der Waals surface area contributed by atoms with Gasteiger partial charge in [-0.05, 0) is 16.3 Å². The van der Waals surface area contributed by atoms with E-state index in [2.05, 4.69) is 0 Å². The summed E-state index contributed by atoms with van der Waals surface area (Å²) in [6, 6.07) is 13.7. The molecule has 1 atom stereocenters. The summed E-state index contributed by atoms with van der Waals surface area (Å²) < 4.78 is 0. The second-order valence-electron chi connectivity index (χ2n) is 4.54. The normalized spacial score (nSPS) is 14.3. The SMILES string of the molecule is NC(=O)[C@@](N)(CO)Cc1ccc2ccccc2c1. The average Bonchev–Trinajstić information content (AvgIpc) is 2.38. The molecule has 0 aromatic heterocycles. The van der Waals surface area contributed by atoms with Crippen LogP contribution in [0.1, 0.15) is 5.56 Å². The Morgan fingerprint density at radius 3 is 2.44 bits per heavy atom. The Balaban J connectivity index is 2.34. The molecule has 0 saturated heterocycles. The second-order valence-corrected chi connectivity index (χ2v) is 4.54. The largest absolute Gasteiger partial charge is 0.394 e. The summed E-state index contributed by atoms with van der Waals surface area (Å²) in [7, 11) is 0. The van der Waals surface area contributed by atoms with Crippen LogP contribution in [0.4, 0.5) is 0 Å². The van der Waals surface area contributed by atoms with E-state index in [1.165, 1.54) is 0 Å². The highest BCUT2D eigenvalue weighted by Gasteiger charge is 2.31. The highest BCUT2D eigenvalue weighted by atomic mass is 16.3. The molecule has 0 fully saturated rings. The Kier molecular flexibility index (Phi) is 3.32. The van der Waals surface area contributed by atoms with Crippen molar-refractivity contribution in [3.63, 3.8) is 0 Å². The lowest BCUT2D eigenvalue weighted by Gasteiger charge is -2.23. The number of carbonyl (C=O) groups is 1. The molecule has 5 N–H and O–H groups in total. The van der Waals surface area contributed by atoms with Crippen LogP contribution in [-0.2, 0) is 11.2 Å². The fourth-order valence-electron chi connectivity index (χ4n) is 1.93. The van der Waals surface area contributed by atoms with Crippen molar-refractivity contribution in [2.75, 3.05) is 6.61 Å². The van der Waals surface area contributed by atoms with Gasteiger partial charge in [0.25, 0.3) is 0 Å². The summed E-state index contributed by atoms with van der Waals surface area (Å²) in [5.41, 5.74) is 10.5. The number of aliphatic hydroxyl groups excluding tert-OH is 1. The minimum Gasteiger partial charge on any atom is -0.394 e. The maximum atomic E-state index is 11.3. The van der Waals surface area contributed by atoms with Crippen molar-refractivity contribution >= 4 is 16.7 Å². The number of hydrogen-bond donors (Lipinski definition) is 3. The minimum atomic E-state index is -1.40. The monoisotopic (exact) mass is 244 g/mol. The van der Waals surface area contributed by atoms with Gasteiger partial charge in [0, 0.05) is 6.42 Å². The maximum Gasteiger partial charge on any atom is 0.240 e. The van der Waals surface area contributed by atoms with E-state index >= 15 is 0 Å². The summed E-state index contributed by atoms with van der Waals surface area (Å²) in [5.74, 6) is -0.696. The van der Waals surface area contributed by atoms with Gasteiger partial charge in [0.05, 0.1) is 6.61 Å². The van der Waals surface area contributed by atoms with Gasteiger partial charge in [0.1, 0.15) is 5.54 Å². The third-order valence-corrected chi connectivity index (χ3v) is 3.11. The van der Waals surface area contributed by atoms with E-state index in [4.69, 9.17) is 11.5 Å². The quantitative estimate of drug-likeness (QED) is 0.734. The molecule has 2 rings (SSSR count). The lowest BCUT2D eigenvalue weighted by molar-refractivity contribution is -0.124. The van der Waals surface area contributed by atoms with Crippen molar-refractivity contribution in [3.05, 3.63) is 48.0 Å². The molecule has 4 heteroatoms. The third kappa shape index (κ3) is 2.34. The molecule has 1 amide bonds. The first-order valence-electron chi connectivity index (χ1n) is 5.72. The van der Waals surface area contributed by atoms with E-state index < -0.39 is 18.1 Å². The molecule has 2 aromatic rings. The van der Waals surface area contributed by atoms with Crippen molar-refractivity contribution < 1.29 is 9.90 Å². The lowest BCUT2D eigenvalue weighted by Crippen LogP contribution is -2.56. The lowest BCUT2D eigenvalue weighted by atomic mass is 9.91. The van der Waals surface area contributed by atoms with Gasteiger partial charge >= 0.3 is 0 Å². The Morgan fingerprint density at radius 2 is 1.83 bits per heavy atom. The van der Waals surface area contributed by atoms with Gasteiger partial charge < -0.3 is 16.6 Å². The number of rotatable bonds is 4. The molecule has 0 aliphatic rings. The number of aliphatic hydroxyl groups is 1. The van der Waals surface area contributed by atoms with Gasteiger partial charge in [-0.1, -0.05) is 42.5 Å². The number of primary amides is 1. The van der Waals surface area contributed by atoms with Crippen molar-refractivity contribution in [3.8, 4) is 0 Å². The summed E-state index contributed by atoms with van der Waals surface area (Å²) in [6.07, 6.45) is 0.226. The van der Waals surface area contributed by atoms with Crippen LogP contribution in [0.3, 0.4) is 0 Å². The van der Waals surface area contributed by atoms with Crippen molar-refractivity contribution in [2.45, 2.75) is 12.0 Å². The van der Waals surface area contributed by atoms with Crippen molar-refractivity contribution in [2.24, 2.45) is 11.5 Å². The topological polar surface area (TPSA) is 89.3 Å². The molecule has 0 aliphatic carbocycles. The van der Waals surface area contributed by atoms with Gasteiger partial charge in [0.2, 0.25) is 5.91 Å². The number of carbonyl (C=O) groups excluding carboxylic acids is 1. The van der Waals surface area contributed by atoms with Gasteiger partial charge in [-0.25, -0.2) is 0 Å². The number of nitrogens with two attached hydrogens (primary N) is 2. The number of hydrogen-bond acceptors (Lipinski definition) is 3. The van der Waals surface area contributed by atoms with Crippen molar-refractivity contribution in [1.82, 2.24) is 0 Å². The standard InChI is InChI=1S/C14H16N2O2/c15-13(18)14(16,9-17)8-10-5-6-11-3-1-2-4-12(11)7-10/h1-7,17H,8-9,16H2,(H2,15,18)/t14-/m0/s1. The zero-order chi connectivity index (χ0) is 13.2. The van der Waals surface area contributed by atoms with Crippen LogP contribution in [0, 0.1) is 0 Å². The van der Waals surface area contributed by atoms with E-state index in [0.717, 1.165) is 16.3 Å². The van der Waals surface area contributed by atoms with E-state index in [9.17, 15) is 9.90 Å². The molecule has 0 bridgehead atoms. The first-order chi connectivity index (χ1) is 8.55. The molecule has 0 radical (unpaired) electrons. The summed E-state index contributed by atoms with van der Waals surface area (Å²) in [4.78, 5) is 11.3. The van der Waals surface area contributed by atoms with E-state index in [0.29, 0.717) is 0 Å². The van der Waals surface area contributed by atoms with Crippen LogP contribution in [0.2, 0.25) is 0 Å².